The standard InChI is InChI=1S/C21H24F3N7O/c22-21(23,24)15-10-29-20(28-8-12-3-4-25-7-12)31-18(15)14-9-27-19-13(14)1-2-16(30-19)17-11-26-5-6-32-17/h1-2,9-10,12,17,25-26H,3-8,11H2,(H,27,30)(H,28,29,31). The van der Waals surface area contributed by atoms with Crippen LogP contribution in [0.25, 0.3) is 22.3 Å². The third kappa shape index (κ3) is 4.27. The Bertz CT molecular complexity index is 1090. The monoisotopic (exact) mass is 447 g/mol. The first-order chi connectivity index (χ1) is 15.5. The third-order valence-electron chi connectivity index (χ3n) is 5.88. The minimum atomic E-state index is -4.58. The summed E-state index contributed by atoms with van der Waals surface area (Å²) in [5.41, 5.74) is 0.502. The summed E-state index contributed by atoms with van der Waals surface area (Å²) >= 11 is 0. The fraction of sp³-hybridized carbons (Fsp3) is 0.476. The number of halogens is 3. The van der Waals surface area contributed by atoms with E-state index < -0.39 is 11.7 Å². The SMILES string of the molecule is FC(F)(F)c1cnc(NCC2CCNC2)nc1-c1c[nH]c2nc(C3CNCCO3)ccc12. The molecule has 0 aliphatic carbocycles. The molecule has 4 N–H and O–H groups in total. The van der Waals surface area contributed by atoms with Crippen LogP contribution < -0.4 is 16.0 Å². The lowest BCUT2D eigenvalue weighted by atomic mass is 10.1. The molecule has 0 amide bonds. The van der Waals surface area contributed by atoms with Crippen LogP contribution in [0.15, 0.2) is 24.5 Å². The van der Waals surface area contributed by atoms with Crippen molar-refractivity contribution in [2.75, 3.05) is 44.6 Å². The molecule has 0 bridgehead atoms. The maximum Gasteiger partial charge on any atom is 0.419 e. The van der Waals surface area contributed by atoms with Crippen molar-refractivity contribution in [3.05, 3.63) is 35.8 Å². The fourth-order valence-corrected chi connectivity index (χ4v) is 4.15. The summed E-state index contributed by atoms with van der Waals surface area (Å²) in [6.45, 7) is 4.43. The van der Waals surface area contributed by atoms with E-state index in [1.165, 1.54) is 6.20 Å². The van der Waals surface area contributed by atoms with Crippen LogP contribution in [-0.4, -0.2) is 59.3 Å². The lowest BCUT2D eigenvalue weighted by Gasteiger charge is -2.23. The van der Waals surface area contributed by atoms with E-state index in [9.17, 15) is 13.2 Å². The molecule has 2 saturated heterocycles. The maximum atomic E-state index is 13.8. The molecule has 3 aromatic rings. The number of pyridine rings is 1. The zero-order valence-electron chi connectivity index (χ0n) is 17.3. The Labute approximate surface area is 182 Å². The van der Waals surface area contributed by atoms with E-state index in [0.29, 0.717) is 42.2 Å². The summed E-state index contributed by atoms with van der Waals surface area (Å²) in [6, 6.07) is 3.55. The molecule has 32 heavy (non-hydrogen) atoms. The minimum Gasteiger partial charge on any atom is -0.369 e. The number of aromatic amines is 1. The average Bonchev–Trinajstić information content (AvgIpc) is 3.47. The molecule has 2 aliphatic rings. The second kappa shape index (κ2) is 8.64. The quantitative estimate of drug-likeness (QED) is 0.477. The molecular formula is C21H24F3N7O. The molecule has 2 fully saturated rings. The number of aromatic nitrogens is 4. The van der Waals surface area contributed by atoms with Crippen molar-refractivity contribution in [3.8, 4) is 11.3 Å². The van der Waals surface area contributed by atoms with Crippen LogP contribution in [0.3, 0.4) is 0 Å². The molecule has 8 nitrogen and oxygen atoms in total. The lowest BCUT2D eigenvalue weighted by Crippen LogP contribution is -2.33. The number of alkyl halides is 3. The highest BCUT2D eigenvalue weighted by Crippen LogP contribution is 2.38. The van der Waals surface area contributed by atoms with Crippen molar-refractivity contribution < 1.29 is 17.9 Å². The van der Waals surface area contributed by atoms with E-state index in [4.69, 9.17) is 4.74 Å². The number of ether oxygens (including phenoxy) is 1. The molecule has 5 heterocycles. The average molecular weight is 447 g/mol. The van der Waals surface area contributed by atoms with Crippen molar-refractivity contribution in [2.24, 2.45) is 5.92 Å². The van der Waals surface area contributed by atoms with Crippen molar-refractivity contribution >= 4 is 17.0 Å². The lowest BCUT2D eigenvalue weighted by molar-refractivity contribution is -0.137. The van der Waals surface area contributed by atoms with Gasteiger partial charge in [-0.3, -0.25) is 0 Å². The van der Waals surface area contributed by atoms with Crippen LogP contribution in [0.5, 0.6) is 0 Å². The van der Waals surface area contributed by atoms with Crippen molar-refractivity contribution in [3.63, 3.8) is 0 Å². The largest absolute Gasteiger partial charge is 0.419 e. The number of H-pyrrole nitrogens is 1. The summed E-state index contributed by atoms with van der Waals surface area (Å²) in [7, 11) is 0. The molecule has 0 radical (unpaired) electrons. The van der Waals surface area contributed by atoms with Gasteiger partial charge in [-0.2, -0.15) is 13.2 Å². The highest BCUT2D eigenvalue weighted by molar-refractivity contribution is 5.93. The van der Waals surface area contributed by atoms with E-state index >= 15 is 0 Å². The van der Waals surface area contributed by atoms with Crippen LogP contribution in [-0.2, 0) is 10.9 Å². The molecule has 0 spiro atoms. The number of hydrogen-bond acceptors (Lipinski definition) is 7. The van der Waals surface area contributed by atoms with Crippen LogP contribution in [0.4, 0.5) is 19.1 Å². The Morgan fingerprint density at radius 2 is 2.00 bits per heavy atom. The number of nitrogens with one attached hydrogen (secondary N) is 4. The van der Waals surface area contributed by atoms with Gasteiger partial charge in [0.2, 0.25) is 5.95 Å². The maximum absolute atomic E-state index is 13.8. The zero-order chi connectivity index (χ0) is 22.1. The van der Waals surface area contributed by atoms with E-state index in [0.717, 1.165) is 37.9 Å². The normalized spacial score (nSPS) is 21.8. The van der Waals surface area contributed by atoms with Crippen LogP contribution >= 0.6 is 0 Å². The second-order valence-electron chi connectivity index (χ2n) is 8.09. The van der Waals surface area contributed by atoms with Gasteiger partial charge < -0.3 is 25.7 Å². The van der Waals surface area contributed by atoms with Crippen LogP contribution in [0.1, 0.15) is 23.8 Å². The van der Waals surface area contributed by atoms with Gasteiger partial charge in [0.1, 0.15) is 17.3 Å². The first kappa shape index (κ1) is 21.1. The molecule has 3 aromatic heterocycles. The summed E-state index contributed by atoms with van der Waals surface area (Å²) in [4.78, 5) is 15.8. The molecule has 11 heteroatoms. The predicted octanol–water partition coefficient (Wildman–Crippen LogP) is 2.72. The third-order valence-corrected chi connectivity index (χ3v) is 5.88. The van der Waals surface area contributed by atoms with Gasteiger partial charge in [0.15, 0.2) is 0 Å². The van der Waals surface area contributed by atoms with Crippen LogP contribution in [0.2, 0.25) is 0 Å². The number of fused-ring (bicyclic) bond motifs is 1. The molecule has 0 aromatic carbocycles. The topological polar surface area (TPSA) is 99.8 Å². The number of hydrogen-bond donors (Lipinski definition) is 4. The first-order valence-corrected chi connectivity index (χ1v) is 10.7. The predicted molar refractivity (Wildman–Crippen MR) is 113 cm³/mol. The van der Waals surface area contributed by atoms with Gasteiger partial charge in [-0.25, -0.2) is 15.0 Å². The summed E-state index contributed by atoms with van der Waals surface area (Å²) in [5.74, 6) is 0.581. The van der Waals surface area contributed by atoms with E-state index in [-0.39, 0.29) is 17.7 Å². The fourth-order valence-electron chi connectivity index (χ4n) is 4.15. The van der Waals surface area contributed by atoms with Gasteiger partial charge in [-0.15, -0.1) is 0 Å². The molecule has 5 rings (SSSR count). The van der Waals surface area contributed by atoms with Gasteiger partial charge in [0.05, 0.1) is 18.0 Å². The van der Waals surface area contributed by atoms with Crippen molar-refractivity contribution in [1.82, 2.24) is 30.6 Å². The highest BCUT2D eigenvalue weighted by atomic mass is 19.4. The van der Waals surface area contributed by atoms with Gasteiger partial charge in [-0.1, -0.05) is 0 Å². The van der Waals surface area contributed by atoms with Crippen molar-refractivity contribution in [1.29, 1.82) is 0 Å². The summed E-state index contributed by atoms with van der Waals surface area (Å²) in [5, 5.41) is 10.2. The molecular weight excluding hydrogens is 423 g/mol. The van der Waals surface area contributed by atoms with Gasteiger partial charge >= 0.3 is 6.18 Å². The minimum absolute atomic E-state index is 0.170. The van der Waals surface area contributed by atoms with E-state index in [2.05, 4.69) is 35.9 Å². The van der Waals surface area contributed by atoms with Gasteiger partial charge in [0, 0.05) is 43.0 Å². The molecule has 0 saturated carbocycles. The Balaban J connectivity index is 1.49. The zero-order valence-corrected chi connectivity index (χ0v) is 17.3. The van der Waals surface area contributed by atoms with Gasteiger partial charge in [0.25, 0.3) is 0 Å². The Hall–Kier alpha value is -2.76. The van der Waals surface area contributed by atoms with E-state index in [1.807, 2.05) is 0 Å². The van der Waals surface area contributed by atoms with E-state index in [1.54, 1.807) is 12.1 Å². The smallest absolute Gasteiger partial charge is 0.369 e. The van der Waals surface area contributed by atoms with Crippen LogP contribution in [0, 0.1) is 5.92 Å². The van der Waals surface area contributed by atoms with Crippen molar-refractivity contribution in [2.45, 2.75) is 18.7 Å². The second-order valence-corrected chi connectivity index (χ2v) is 8.09. The summed E-state index contributed by atoms with van der Waals surface area (Å²) in [6.07, 6.45) is -1.40. The molecule has 2 unspecified atom stereocenters. The number of anilines is 1. The summed E-state index contributed by atoms with van der Waals surface area (Å²) < 4.78 is 47.0. The molecule has 2 aliphatic heterocycles. The number of rotatable bonds is 5. The number of morpholine rings is 1. The van der Waals surface area contributed by atoms with Gasteiger partial charge in [-0.05, 0) is 37.6 Å². The number of nitrogens with zero attached hydrogens (tertiary/aromatic N) is 3. The Morgan fingerprint density at radius 3 is 2.75 bits per heavy atom. The first-order valence-electron chi connectivity index (χ1n) is 10.7. The Morgan fingerprint density at radius 1 is 1.12 bits per heavy atom. The Kier molecular flexibility index (Phi) is 5.70. The molecule has 170 valence electrons. The molecule has 2 atom stereocenters. The highest BCUT2D eigenvalue weighted by Gasteiger charge is 2.36.